The number of para-hydroxylation sites is 1. The Bertz CT molecular complexity index is 901. The average molecular weight is 348 g/mol. The van der Waals surface area contributed by atoms with Gasteiger partial charge in [0.2, 0.25) is 0 Å². The topological polar surface area (TPSA) is 78.5 Å². The molecule has 0 spiro atoms. The lowest BCUT2D eigenvalue weighted by atomic mass is 9.76. The SMILES string of the molecule is COC(=O)c1cccc2c1N[C@H](c1ccc(C(=O)[O-])cc1)[C@H]1CC=C[C@H]21. The maximum absolute atomic E-state index is 12.2. The zero-order valence-electron chi connectivity index (χ0n) is 14.3. The van der Waals surface area contributed by atoms with Crippen molar-refractivity contribution in [2.24, 2.45) is 5.92 Å². The first kappa shape index (κ1) is 16.4. The van der Waals surface area contributed by atoms with E-state index >= 15 is 0 Å². The molecule has 1 aliphatic carbocycles. The normalized spacial score (nSPS) is 22.9. The van der Waals surface area contributed by atoms with Crippen LogP contribution >= 0.6 is 0 Å². The number of benzene rings is 2. The summed E-state index contributed by atoms with van der Waals surface area (Å²) in [6, 6.07) is 12.4. The lowest BCUT2D eigenvalue weighted by molar-refractivity contribution is -0.255. The number of aromatic carboxylic acids is 1. The van der Waals surface area contributed by atoms with Crippen LogP contribution in [0, 0.1) is 5.92 Å². The molecule has 2 aromatic carbocycles. The van der Waals surface area contributed by atoms with E-state index in [9.17, 15) is 14.7 Å². The molecule has 3 atom stereocenters. The summed E-state index contributed by atoms with van der Waals surface area (Å²) in [5, 5.41) is 14.5. The molecule has 1 heterocycles. The summed E-state index contributed by atoms with van der Waals surface area (Å²) in [5.74, 6) is -1.04. The third-order valence-electron chi connectivity index (χ3n) is 5.31. The van der Waals surface area contributed by atoms with Gasteiger partial charge in [0.1, 0.15) is 0 Å². The summed E-state index contributed by atoms with van der Waals surface area (Å²) in [6.07, 6.45) is 5.28. The third kappa shape index (κ3) is 2.56. The van der Waals surface area contributed by atoms with E-state index in [-0.39, 0.29) is 23.5 Å². The molecule has 5 nitrogen and oxygen atoms in total. The first-order valence-corrected chi connectivity index (χ1v) is 8.56. The predicted molar refractivity (Wildman–Crippen MR) is 94.9 cm³/mol. The Kier molecular flexibility index (Phi) is 3.99. The van der Waals surface area contributed by atoms with Crippen LogP contribution in [0.3, 0.4) is 0 Å². The Hall–Kier alpha value is -3.08. The van der Waals surface area contributed by atoms with Gasteiger partial charge < -0.3 is 20.0 Å². The smallest absolute Gasteiger partial charge is 0.339 e. The molecular weight excluding hydrogens is 330 g/mol. The molecule has 0 amide bonds. The molecular formula is C21H18NO4-. The number of anilines is 1. The zero-order chi connectivity index (χ0) is 18.3. The van der Waals surface area contributed by atoms with Crippen LogP contribution in [0.5, 0.6) is 0 Å². The van der Waals surface area contributed by atoms with Gasteiger partial charge in [0.05, 0.1) is 30.4 Å². The number of ether oxygens (including phenoxy) is 1. The molecule has 0 saturated carbocycles. The van der Waals surface area contributed by atoms with Crippen LogP contribution in [0.4, 0.5) is 5.69 Å². The van der Waals surface area contributed by atoms with Crippen LogP contribution in [0.25, 0.3) is 0 Å². The number of carboxylic acids is 1. The fourth-order valence-electron chi connectivity index (χ4n) is 4.06. The maximum Gasteiger partial charge on any atom is 0.339 e. The number of carbonyl (C=O) groups is 2. The highest BCUT2D eigenvalue weighted by molar-refractivity contribution is 5.97. The van der Waals surface area contributed by atoms with E-state index in [4.69, 9.17) is 4.74 Å². The zero-order valence-corrected chi connectivity index (χ0v) is 14.3. The van der Waals surface area contributed by atoms with Crippen molar-refractivity contribution in [2.45, 2.75) is 18.4 Å². The first-order valence-electron chi connectivity index (χ1n) is 8.56. The van der Waals surface area contributed by atoms with Gasteiger partial charge in [-0.15, -0.1) is 0 Å². The van der Waals surface area contributed by atoms with Crippen LogP contribution in [-0.2, 0) is 4.74 Å². The Morgan fingerprint density at radius 1 is 1.15 bits per heavy atom. The van der Waals surface area contributed by atoms with E-state index < -0.39 is 5.97 Å². The summed E-state index contributed by atoms with van der Waals surface area (Å²) in [4.78, 5) is 23.2. The molecule has 0 saturated heterocycles. The summed E-state index contributed by atoms with van der Waals surface area (Å²) in [5.41, 5.74) is 3.54. The molecule has 4 rings (SSSR count). The monoisotopic (exact) mass is 348 g/mol. The number of allylic oxidation sites excluding steroid dienone is 2. The Labute approximate surface area is 151 Å². The number of nitrogens with one attached hydrogen (secondary N) is 1. The highest BCUT2D eigenvalue weighted by Crippen LogP contribution is 2.50. The van der Waals surface area contributed by atoms with Gasteiger partial charge in [-0.1, -0.05) is 48.6 Å². The average Bonchev–Trinajstić information content (AvgIpc) is 3.16. The summed E-state index contributed by atoms with van der Waals surface area (Å²) < 4.78 is 4.93. The van der Waals surface area contributed by atoms with Gasteiger partial charge in [-0.2, -0.15) is 0 Å². The maximum atomic E-state index is 12.2. The summed E-state index contributed by atoms with van der Waals surface area (Å²) >= 11 is 0. The first-order chi connectivity index (χ1) is 12.6. The minimum absolute atomic E-state index is 0.0240. The Balaban J connectivity index is 1.78. The van der Waals surface area contributed by atoms with Crippen molar-refractivity contribution in [3.63, 3.8) is 0 Å². The van der Waals surface area contributed by atoms with Gasteiger partial charge in [-0.3, -0.25) is 0 Å². The Morgan fingerprint density at radius 2 is 1.92 bits per heavy atom. The predicted octanol–water partition coefficient (Wildman–Crippen LogP) is 2.66. The number of carbonyl (C=O) groups excluding carboxylic acids is 2. The molecule has 1 aliphatic heterocycles. The van der Waals surface area contributed by atoms with E-state index in [0.717, 1.165) is 23.2 Å². The van der Waals surface area contributed by atoms with Gasteiger partial charge in [0, 0.05) is 5.92 Å². The van der Waals surface area contributed by atoms with E-state index in [0.29, 0.717) is 11.5 Å². The highest BCUT2D eigenvalue weighted by atomic mass is 16.5. The number of hydrogen-bond acceptors (Lipinski definition) is 5. The molecule has 0 unspecified atom stereocenters. The number of methoxy groups -OCH3 is 1. The molecule has 2 aliphatic rings. The minimum atomic E-state index is -1.19. The summed E-state index contributed by atoms with van der Waals surface area (Å²) in [7, 11) is 1.37. The van der Waals surface area contributed by atoms with Crippen molar-refractivity contribution >= 4 is 17.6 Å². The van der Waals surface area contributed by atoms with Crippen LogP contribution in [0.1, 0.15) is 50.2 Å². The molecule has 0 aromatic heterocycles. The quantitative estimate of drug-likeness (QED) is 0.681. The number of carboxylic acid groups (broad SMARTS) is 1. The number of rotatable bonds is 3. The number of esters is 1. The van der Waals surface area contributed by atoms with Crippen LogP contribution in [0.2, 0.25) is 0 Å². The fourth-order valence-corrected chi connectivity index (χ4v) is 4.06. The molecule has 2 aromatic rings. The molecule has 1 N–H and O–H groups in total. The number of hydrogen-bond donors (Lipinski definition) is 1. The standard InChI is InChI=1S/C21H19NO4/c1-26-21(25)17-7-3-6-16-14-4-2-5-15(14)18(22-19(16)17)12-8-10-13(11-9-12)20(23)24/h2-4,6-11,14-15,18,22H,5H2,1H3,(H,23,24)/p-1/t14-,15-,18+/m0/s1. The largest absolute Gasteiger partial charge is 0.545 e. The number of fused-ring (bicyclic) bond motifs is 3. The van der Waals surface area contributed by atoms with Gasteiger partial charge in [-0.05, 0) is 35.1 Å². The summed E-state index contributed by atoms with van der Waals surface area (Å²) in [6.45, 7) is 0. The molecule has 132 valence electrons. The van der Waals surface area contributed by atoms with Gasteiger partial charge in [0.25, 0.3) is 0 Å². The van der Waals surface area contributed by atoms with Crippen LogP contribution in [-0.4, -0.2) is 19.0 Å². The van der Waals surface area contributed by atoms with Crippen LogP contribution < -0.4 is 10.4 Å². The second kappa shape index (κ2) is 6.33. The van der Waals surface area contributed by atoms with E-state index in [1.165, 1.54) is 7.11 Å². The fraction of sp³-hybridized carbons (Fsp3) is 0.238. The lowest BCUT2D eigenvalue weighted by Crippen LogP contribution is -2.30. The molecule has 0 fully saturated rings. The molecule has 0 bridgehead atoms. The van der Waals surface area contributed by atoms with E-state index in [1.54, 1.807) is 18.2 Å². The van der Waals surface area contributed by atoms with Gasteiger partial charge in [0.15, 0.2) is 0 Å². The van der Waals surface area contributed by atoms with Crippen molar-refractivity contribution in [1.82, 2.24) is 0 Å². The minimum Gasteiger partial charge on any atom is -0.545 e. The van der Waals surface area contributed by atoms with Crippen molar-refractivity contribution < 1.29 is 19.4 Å². The van der Waals surface area contributed by atoms with E-state index in [1.807, 2.05) is 24.3 Å². The highest BCUT2D eigenvalue weighted by Gasteiger charge is 2.39. The second-order valence-corrected chi connectivity index (χ2v) is 6.65. The lowest BCUT2D eigenvalue weighted by Gasteiger charge is -2.38. The van der Waals surface area contributed by atoms with Gasteiger partial charge in [-0.25, -0.2) is 4.79 Å². The van der Waals surface area contributed by atoms with Crippen molar-refractivity contribution in [3.05, 3.63) is 76.9 Å². The second-order valence-electron chi connectivity index (χ2n) is 6.65. The molecule has 5 heteroatoms. The Morgan fingerprint density at radius 3 is 2.62 bits per heavy atom. The molecule has 0 radical (unpaired) electrons. The van der Waals surface area contributed by atoms with Crippen molar-refractivity contribution in [3.8, 4) is 0 Å². The molecule has 26 heavy (non-hydrogen) atoms. The van der Waals surface area contributed by atoms with E-state index in [2.05, 4.69) is 17.5 Å². The van der Waals surface area contributed by atoms with Crippen LogP contribution in [0.15, 0.2) is 54.6 Å². The van der Waals surface area contributed by atoms with Crippen molar-refractivity contribution in [2.75, 3.05) is 12.4 Å². The van der Waals surface area contributed by atoms with Crippen molar-refractivity contribution in [1.29, 1.82) is 0 Å². The third-order valence-corrected chi connectivity index (χ3v) is 5.31. The van der Waals surface area contributed by atoms with Gasteiger partial charge >= 0.3 is 5.97 Å².